The fourth-order valence-electron chi connectivity index (χ4n) is 0.607. The predicted molar refractivity (Wildman–Crippen MR) is 37.1 cm³/mol. The first-order chi connectivity index (χ1) is 4.34. The van der Waals surface area contributed by atoms with Crippen molar-refractivity contribution in [1.82, 2.24) is 0 Å². The molecule has 0 heterocycles. The van der Waals surface area contributed by atoms with Crippen molar-refractivity contribution in [1.29, 1.82) is 0 Å². The Bertz CT molecular complexity index is 209. The Morgan fingerprint density at radius 1 is 1.56 bits per heavy atom. The summed E-state index contributed by atoms with van der Waals surface area (Å²) in [5, 5.41) is -0.285. The predicted octanol–water partition coefficient (Wildman–Crippen LogP) is 1.48. The van der Waals surface area contributed by atoms with Gasteiger partial charge in [0.2, 0.25) is 0 Å². The van der Waals surface area contributed by atoms with Gasteiger partial charge in [-0.2, -0.15) is 0 Å². The van der Waals surface area contributed by atoms with E-state index in [1.807, 2.05) is 0 Å². The average Bonchev–Trinajstić information content (AvgIpc) is 1.89. The molecule has 1 atom stereocenters. The third-order valence-electron chi connectivity index (χ3n) is 1.08. The zero-order valence-corrected chi connectivity index (χ0v) is 5.43. The minimum Gasteiger partial charge on any atom is -0.233 e. The lowest BCUT2D eigenvalue weighted by atomic mass is 10.1. The number of hydrogen-bond acceptors (Lipinski definition) is 1. The van der Waals surface area contributed by atoms with E-state index in [0.29, 0.717) is 5.57 Å². The summed E-state index contributed by atoms with van der Waals surface area (Å²) in [6.45, 7) is 0. The van der Waals surface area contributed by atoms with Crippen LogP contribution in [-0.4, -0.2) is 11.3 Å². The largest absolute Gasteiger partial charge is 0.233 e. The summed E-state index contributed by atoms with van der Waals surface area (Å²) in [5.74, 6) is 1.75. The molecule has 0 saturated heterocycles. The van der Waals surface area contributed by atoms with Crippen molar-refractivity contribution in [3.8, 4) is 0 Å². The molecule has 0 aliphatic heterocycles. The zero-order valence-electron chi connectivity index (χ0n) is 4.67. The quantitative estimate of drug-likeness (QED) is 0.368. The van der Waals surface area contributed by atoms with Crippen LogP contribution in [0, 0.1) is 0 Å². The lowest BCUT2D eigenvalue weighted by Crippen LogP contribution is -1.99. The topological polar surface area (TPSA) is 17.1 Å². The SMILES string of the molecule is O=C=C1C=CC=CC1Cl. The molecule has 1 rings (SSSR count). The van der Waals surface area contributed by atoms with Crippen LogP contribution in [0.2, 0.25) is 0 Å². The van der Waals surface area contributed by atoms with Crippen LogP contribution in [0.5, 0.6) is 0 Å². The van der Waals surface area contributed by atoms with Crippen molar-refractivity contribution in [2.75, 3.05) is 0 Å². The molecule has 0 N–H and O–H groups in total. The Morgan fingerprint density at radius 2 is 2.33 bits per heavy atom. The third kappa shape index (κ3) is 1.32. The van der Waals surface area contributed by atoms with E-state index in [1.165, 1.54) is 0 Å². The maximum Gasteiger partial charge on any atom is 0.129 e. The van der Waals surface area contributed by atoms with Crippen molar-refractivity contribution in [3.05, 3.63) is 29.9 Å². The molecule has 0 amide bonds. The highest BCUT2D eigenvalue weighted by Crippen LogP contribution is 2.13. The summed E-state index contributed by atoms with van der Waals surface area (Å²) < 4.78 is 0. The molecule has 9 heavy (non-hydrogen) atoms. The van der Waals surface area contributed by atoms with Gasteiger partial charge in [0, 0.05) is 0 Å². The van der Waals surface area contributed by atoms with Gasteiger partial charge in [0.25, 0.3) is 0 Å². The fourth-order valence-corrected chi connectivity index (χ4v) is 0.808. The Kier molecular flexibility index (Phi) is 1.88. The highest BCUT2D eigenvalue weighted by molar-refractivity contribution is 6.24. The second kappa shape index (κ2) is 2.67. The van der Waals surface area contributed by atoms with E-state index < -0.39 is 0 Å². The summed E-state index contributed by atoms with van der Waals surface area (Å²) in [4.78, 5) is 10.0. The lowest BCUT2D eigenvalue weighted by molar-refractivity contribution is 0.567. The second-order valence-corrected chi connectivity index (χ2v) is 2.17. The Balaban J connectivity index is 2.90. The van der Waals surface area contributed by atoms with Gasteiger partial charge in [-0.3, -0.25) is 0 Å². The normalized spacial score (nSPS) is 24.1. The number of allylic oxidation sites excluding steroid dienone is 5. The van der Waals surface area contributed by atoms with Crippen LogP contribution in [-0.2, 0) is 4.79 Å². The van der Waals surface area contributed by atoms with Crippen LogP contribution in [0.25, 0.3) is 0 Å². The molecule has 0 radical (unpaired) electrons. The van der Waals surface area contributed by atoms with E-state index >= 15 is 0 Å². The van der Waals surface area contributed by atoms with Crippen LogP contribution < -0.4 is 0 Å². The molecule has 1 aliphatic rings. The van der Waals surface area contributed by atoms with Gasteiger partial charge >= 0.3 is 0 Å². The van der Waals surface area contributed by atoms with Gasteiger partial charge in [0.1, 0.15) is 5.94 Å². The molecule has 1 unspecified atom stereocenters. The summed E-state index contributed by atoms with van der Waals surface area (Å²) >= 11 is 5.65. The van der Waals surface area contributed by atoms with E-state index in [-0.39, 0.29) is 5.38 Å². The zero-order chi connectivity index (χ0) is 6.69. The fraction of sp³-hybridized carbons (Fsp3) is 0.143. The molecule has 1 nitrogen and oxygen atoms in total. The number of hydrogen-bond donors (Lipinski definition) is 0. The van der Waals surface area contributed by atoms with Gasteiger partial charge in [0.05, 0.1) is 11.0 Å². The standard InChI is InChI=1S/C7H5ClO/c8-7-4-2-1-3-6(7)5-9/h1-4,7H. The first-order valence-electron chi connectivity index (χ1n) is 2.58. The molecule has 2 heteroatoms. The van der Waals surface area contributed by atoms with Crippen LogP contribution in [0.15, 0.2) is 29.9 Å². The minimum atomic E-state index is -0.285. The van der Waals surface area contributed by atoms with E-state index in [1.54, 1.807) is 30.2 Å². The summed E-state index contributed by atoms with van der Waals surface area (Å²) in [6, 6.07) is 0. The number of halogens is 1. The third-order valence-corrected chi connectivity index (χ3v) is 1.46. The Morgan fingerprint density at radius 3 is 2.78 bits per heavy atom. The van der Waals surface area contributed by atoms with Crippen LogP contribution in [0.4, 0.5) is 0 Å². The second-order valence-electron chi connectivity index (χ2n) is 1.70. The van der Waals surface area contributed by atoms with Gasteiger partial charge in [-0.05, 0) is 6.08 Å². The average molecular weight is 141 g/mol. The van der Waals surface area contributed by atoms with Gasteiger partial charge in [0.15, 0.2) is 0 Å². The molecule has 0 spiro atoms. The minimum absolute atomic E-state index is 0.285. The van der Waals surface area contributed by atoms with Crippen LogP contribution in [0.3, 0.4) is 0 Å². The van der Waals surface area contributed by atoms with Crippen molar-refractivity contribution >= 4 is 17.5 Å². The monoisotopic (exact) mass is 140 g/mol. The lowest BCUT2D eigenvalue weighted by Gasteiger charge is -2.02. The van der Waals surface area contributed by atoms with Crippen molar-refractivity contribution in [2.24, 2.45) is 0 Å². The summed E-state index contributed by atoms with van der Waals surface area (Å²) in [6.07, 6.45) is 6.96. The van der Waals surface area contributed by atoms with Crippen molar-refractivity contribution in [3.63, 3.8) is 0 Å². The molecule has 0 aromatic heterocycles. The molecule has 46 valence electrons. The van der Waals surface area contributed by atoms with Gasteiger partial charge in [-0.25, -0.2) is 4.79 Å². The van der Waals surface area contributed by atoms with E-state index in [0.717, 1.165) is 0 Å². The Hall–Kier alpha value is -0.780. The van der Waals surface area contributed by atoms with Crippen LogP contribution >= 0.6 is 11.6 Å². The number of carbonyl (C=O) groups excluding carboxylic acids is 1. The van der Waals surface area contributed by atoms with E-state index in [9.17, 15) is 4.79 Å². The molecule has 0 aromatic rings. The Labute approximate surface area is 58.3 Å². The smallest absolute Gasteiger partial charge is 0.129 e. The van der Waals surface area contributed by atoms with Gasteiger partial charge < -0.3 is 0 Å². The highest BCUT2D eigenvalue weighted by atomic mass is 35.5. The van der Waals surface area contributed by atoms with Crippen molar-refractivity contribution in [2.45, 2.75) is 5.38 Å². The highest BCUT2D eigenvalue weighted by Gasteiger charge is 2.06. The van der Waals surface area contributed by atoms with Gasteiger partial charge in [-0.1, -0.05) is 18.2 Å². The van der Waals surface area contributed by atoms with E-state index in [4.69, 9.17) is 11.6 Å². The molecular formula is C7H5ClO. The molecule has 0 fully saturated rings. The summed E-state index contributed by atoms with van der Waals surface area (Å²) in [7, 11) is 0. The maximum atomic E-state index is 10.0. The number of alkyl halides is 1. The molecule has 0 saturated carbocycles. The number of rotatable bonds is 0. The first kappa shape index (κ1) is 6.34. The summed E-state index contributed by atoms with van der Waals surface area (Å²) in [5.41, 5.74) is 0.499. The first-order valence-corrected chi connectivity index (χ1v) is 3.02. The van der Waals surface area contributed by atoms with Crippen molar-refractivity contribution < 1.29 is 4.79 Å². The molecule has 0 aromatic carbocycles. The maximum absolute atomic E-state index is 10.0. The molecule has 0 bridgehead atoms. The molecular weight excluding hydrogens is 136 g/mol. The van der Waals surface area contributed by atoms with Crippen LogP contribution in [0.1, 0.15) is 0 Å². The van der Waals surface area contributed by atoms with E-state index in [2.05, 4.69) is 0 Å². The van der Waals surface area contributed by atoms with Gasteiger partial charge in [-0.15, -0.1) is 11.6 Å². The molecule has 1 aliphatic carbocycles.